The fourth-order valence-electron chi connectivity index (χ4n) is 1.79. The van der Waals surface area contributed by atoms with Crippen LogP contribution in [0.5, 0.6) is 11.5 Å². The normalized spacial score (nSPS) is 10.6. The molecule has 1 aromatic carbocycles. The Hall–Kier alpha value is -1.30. The van der Waals surface area contributed by atoms with Crippen LogP contribution in [0.3, 0.4) is 0 Å². The highest BCUT2D eigenvalue weighted by molar-refractivity contribution is 5.40. The summed E-state index contributed by atoms with van der Waals surface area (Å²) in [6, 6.07) is 5.91. The molecule has 0 aliphatic carbocycles. The second-order valence-electron chi connectivity index (χ2n) is 4.56. The number of ether oxygens (including phenoxy) is 4. The molecule has 0 saturated heterocycles. The van der Waals surface area contributed by atoms with Crippen molar-refractivity contribution in [2.75, 3.05) is 47.2 Å². The van der Waals surface area contributed by atoms with E-state index in [2.05, 4.69) is 12.2 Å². The van der Waals surface area contributed by atoms with Crippen molar-refractivity contribution >= 4 is 0 Å². The first-order chi connectivity index (χ1) is 10.3. The zero-order valence-corrected chi connectivity index (χ0v) is 13.3. The van der Waals surface area contributed by atoms with Crippen molar-refractivity contribution in [2.24, 2.45) is 0 Å². The molecule has 0 aromatic heterocycles. The van der Waals surface area contributed by atoms with Gasteiger partial charge in [0.05, 0.1) is 26.9 Å². The van der Waals surface area contributed by atoms with E-state index in [9.17, 15) is 0 Å². The predicted molar refractivity (Wildman–Crippen MR) is 83.2 cm³/mol. The Bertz CT molecular complexity index is 385. The average Bonchev–Trinajstić information content (AvgIpc) is 2.52. The molecule has 0 amide bonds. The van der Waals surface area contributed by atoms with Gasteiger partial charge >= 0.3 is 0 Å². The molecule has 0 saturated carbocycles. The van der Waals surface area contributed by atoms with E-state index in [1.807, 2.05) is 18.2 Å². The third-order valence-corrected chi connectivity index (χ3v) is 2.96. The van der Waals surface area contributed by atoms with E-state index in [1.54, 1.807) is 14.2 Å². The van der Waals surface area contributed by atoms with Gasteiger partial charge in [0, 0.05) is 38.3 Å². The van der Waals surface area contributed by atoms with Crippen LogP contribution in [-0.2, 0) is 16.0 Å². The minimum absolute atomic E-state index is 0.624. The van der Waals surface area contributed by atoms with Crippen LogP contribution in [0.1, 0.15) is 18.9 Å². The van der Waals surface area contributed by atoms with Crippen LogP contribution in [0.4, 0.5) is 0 Å². The van der Waals surface area contributed by atoms with Crippen molar-refractivity contribution in [2.45, 2.75) is 19.9 Å². The quantitative estimate of drug-likeness (QED) is 0.600. The van der Waals surface area contributed by atoms with Crippen molar-refractivity contribution < 1.29 is 18.9 Å². The molecule has 5 nitrogen and oxygen atoms in total. The van der Waals surface area contributed by atoms with Crippen molar-refractivity contribution in [3.05, 3.63) is 23.8 Å². The lowest BCUT2D eigenvalue weighted by molar-refractivity contribution is 0.0644. The SMILES string of the molecule is CCNCc1ccc(OC)cc1OCCCOCCOC. The van der Waals surface area contributed by atoms with Gasteiger partial charge in [-0.25, -0.2) is 0 Å². The highest BCUT2D eigenvalue weighted by Gasteiger charge is 2.05. The first kappa shape index (κ1) is 17.8. The molecule has 21 heavy (non-hydrogen) atoms. The van der Waals surface area contributed by atoms with E-state index in [0.29, 0.717) is 26.4 Å². The zero-order chi connectivity index (χ0) is 15.3. The van der Waals surface area contributed by atoms with Crippen molar-refractivity contribution in [1.29, 1.82) is 0 Å². The molecule has 0 aliphatic heterocycles. The fourth-order valence-corrected chi connectivity index (χ4v) is 1.79. The molecule has 0 radical (unpaired) electrons. The zero-order valence-electron chi connectivity index (χ0n) is 13.3. The van der Waals surface area contributed by atoms with E-state index in [4.69, 9.17) is 18.9 Å². The van der Waals surface area contributed by atoms with Gasteiger partial charge in [0.15, 0.2) is 0 Å². The van der Waals surface area contributed by atoms with Crippen LogP contribution in [0.15, 0.2) is 18.2 Å². The van der Waals surface area contributed by atoms with Gasteiger partial charge in [-0.15, -0.1) is 0 Å². The summed E-state index contributed by atoms with van der Waals surface area (Å²) < 4.78 is 21.4. The molecule has 5 heteroatoms. The van der Waals surface area contributed by atoms with Crippen molar-refractivity contribution in [3.8, 4) is 11.5 Å². The second kappa shape index (κ2) is 11.4. The lowest BCUT2D eigenvalue weighted by atomic mass is 10.2. The Morgan fingerprint density at radius 3 is 2.62 bits per heavy atom. The molecule has 1 rings (SSSR count). The minimum Gasteiger partial charge on any atom is -0.497 e. The standard InChI is InChI=1S/C16H27NO4/c1-4-17-13-14-6-7-15(19-3)12-16(14)21-9-5-8-20-11-10-18-2/h6-7,12,17H,4-5,8-11,13H2,1-3H3. The summed E-state index contributed by atoms with van der Waals surface area (Å²) in [5.41, 5.74) is 1.14. The molecule has 0 bridgehead atoms. The lowest BCUT2D eigenvalue weighted by Crippen LogP contribution is -2.13. The van der Waals surface area contributed by atoms with Crippen LogP contribution in [0.2, 0.25) is 0 Å². The van der Waals surface area contributed by atoms with Gasteiger partial charge in [-0.3, -0.25) is 0 Å². The van der Waals surface area contributed by atoms with Gasteiger partial charge in [0.25, 0.3) is 0 Å². The third-order valence-electron chi connectivity index (χ3n) is 2.96. The molecule has 0 atom stereocenters. The second-order valence-corrected chi connectivity index (χ2v) is 4.56. The molecular weight excluding hydrogens is 270 g/mol. The summed E-state index contributed by atoms with van der Waals surface area (Å²) >= 11 is 0. The predicted octanol–water partition coefficient (Wildman–Crippen LogP) is 2.24. The molecule has 1 N–H and O–H groups in total. The number of methoxy groups -OCH3 is 2. The molecule has 120 valence electrons. The monoisotopic (exact) mass is 297 g/mol. The Kier molecular flexibility index (Phi) is 9.61. The number of benzene rings is 1. The van der Waals surface area contributed by atoms with Gasteiger partial charge in [0.2, 0.25) is 0 Å². The molecular formula is C16H27NO4. The maximum Gasteiger partial charge on any atom is 0.127 e. The van der Waals surface area contributed by atoms with E-state index < -0.39 is 0 Å². The molecule has 0 aliphatic rings. The summed E-state index contributed by atoms with van der Waals surface area (Å²) in [7, 11) is 3.33. The van der Waals surface area contributed by atoms with E-state index in [-0.39, 0.29) is 0 Å². The first-order valence-electron chi connectivity index (χ1n) is 7.39. The van der Waals surface area contributed by atoms with E-state index >= 15 is 0 Å². The summed E-state index contributed by atoms with van der Waals surface area (Å²) in [5, 5.41) is 3.31. The van der Waals surface area contributed by atoms with Crippen molar-refractivity contribution in [3.63, 3.8) is 0 Å². The van der Waals surface area contributed by atoms with Crippen LogP contribution >= 0.6 is 0 Å². The smallest absolute Gasteiger partial charge is 0.127 e. The van der Waals surface area contributed by atoms with Crippen molar-refractivity contribution in [1.82, 2.24) is 5.32 Å². The van der Waals surface area contributed by atoms with Gasteiger partial charge in [-0.2, -0.15) is 0 Å². The highest BCUT2D eigenvalue weighted by Crippen LogP contribution is 2.25. The van der Waals surface area contributed by atoms with Gasteiger partial charge < -0.3 is 24.3 Å². The third kappa shape index (κ3) is 7.32. The van der Waals surface area contributed by atoms with Crippen LogP contribution in [0, 0.1) is 0 Å². The Labute approximate surface area is 127 Å². The maximum absolute atomic E-state index is 5.85. The van der Waals surface area contributed by atoms with Gasteiger partial charge in [-0.1, -0.05) is 13.0 Å². The molecule has 0 unspecified atom stereocenters. The molecule has 1 aromatic rings. The van der Waals surface area contributed by atoms with E-state index in [1.165, 1.54) is 0 Å². The highest BCUT2D eigenvalue weighted by atomic mass is 16.5. The summed E-state index contributed by atoms with van der Waals surface area (Å²) in [4.78, 5) is 0. The molecule has 0 fully saturated rings. The maximum atomic E-state index is 5.85. The number of rotatable bonds is 12. The Morgan fingerprint density at radius 1 is 1.05 bits per heavy atom. The topological polar surface area (TPSA) is 49.0 Å². The lowest BCUT2D eigenvalue weighted by Gasteiger charge is -2.13. The Balaban J connectivity index is 2.39. The number of hydrogen-bond acceptors (Lipinski definition) is 5. The van der Waals surface area contributed by atoms with E-state index in [0.717, 1.165) is 36.6 Å². The minimum atomic E-state index is 0.624. The summed E-state index contributed by atoms with van der Waals surface area (Å²) in [5.74, 6) is 1.67. The van der Waals surface area contributed by atoms with Gasteiger partial charge in [-0.05, 0) is 12.6 Å². The van der Waals surface area contributed by atoms with Gasteiger partial charge in [0.1, 0.15) is 11.5 Å². The Morgan fingerprint density at radius 2 is 1.90 bits per heavy atom. The summed E-state index contributed by atoms with van der Waals surface area (Å²) in [6.45, 7) is 6.36. The number of hydrogen-bond donors (Lipinski definition) is 1. The molecule has 0 heterocycles. The fraction of sp³-hybridized carbons (Fsp3) is 0.625. The summed E-state index contributed by atoms with van der Waals surface area (Å²) in [6.07, 6.45) is 0.849. The largest absolute Gasteiger partial charge is 0.497 e. The first-order valence-corrected chi connectivity index (χ1v) is 7.39. The van der Waals surface area contributed by atoms with Crippen LogP contribution in [0.25, 0.3) is 0 Å². The average molecular weight is 297 g/mol. The molecule has 0 spiro atoms. The number of nitrogens with one attached hydrogen (secondary N) is 1. The van der Waals surface area contributed by atoms with Crippen LogP contribution in [-0.4, -0.2) is 47.2 Å². The van der Waals surface area contributed by atoms with Crippen LogP contribution < -0.4 is 14.8 Å².